The number of rotatable bonds is 6. The zero-order chi connectivity index (χ0) is 13.9. The molecule has 2 N–H and O–H groups in total. The van der Waals surface area contributed by atoms with Crippen LogP contribution in [0.5, 0.6) is 0 Å². The predicted octanol–water partition coefficient (Wildman–Crippen LogP) is 1.67. The Morgan fingerprint density at radius 3 is 2.68 bits per heavy atom. The summed E-state index contributed by atoms with van der Waals surface area (Å²) < 4.78 is 27.4. The Labute approximate surface area is 116 Å². The number of sulfonamides is 1. The molecule has 0 radical (unpaired) electrons. The van der Waals surface area contributed by atoms with E-state index in [1.54, 1.807) is 6.07 Å². The fourth-order valence-electron chi connectivity index (χ4n) is 1.92. The molecule has 19 heavy (non-hydrogen) atoms. The van der Waals surface area contributed by atoms with Gasteiger partial charge in [0.25, 0.3) is 0 Å². The van der Waals surface area contributed by atoms with E-state index in [0.717, 1.165) is 17.8 Å². The van der Waals surface area contributed by atoms with Crippen molar-refractivity contribution in [3.8, 4) is 0 Å². The van der Waals surface area contributed by atoms with Crippen LogP contribution in [0.4, 0.5) is 0 Å². The van der Waals surface area contributed by atoms with Gasteiger partial charge >= 0.3 is 5.97 Å². The van der Waals surface area contributed by atoms with Gasteiger partial charge in [-0.1, -0.05) is 19.3 Å². The number of primary sulfonamides is 1. The van der Waals surface area contributed by atoms with E-state index in [4.69, 9.17) is 9.88 Å². The lowest BCUT2D eigenvalue weighted by atomic mass is 9.83. The molecule has 1 heterocycles. The molecular weight excluding hydrogens is 286 g/mol. The Bertz CT molecular complexity index is 546. The van der Waals surface area contributed by atoms with Crippen LogP contribution < -0.4 is 5.14 Å². The van der Waals surface area contributed by atoms with E-state index in [1.165, 1.54) is 25.3 Å². The van der Waals surface area contributed by atoms with E-state index in [1.807, 2.05) is 0 Å². The van der Waals surface area contributed by atoms with E-state index in [-0.39, 0.29) is 16.6 Å². The third kappa shape index (κ3) is 4.29. The normalized spacial score (nSPS) is 16.1. The molecule has 0 aromatic carbocycles. The van der Waals surface area contributed by atoms with Gasteiger partial charge in [0.2, 0.25) is 10.0 Å². The Hall–Kier alpha value is -0.920. The first kappa shape index (κ1) is 14.5. The topological polar surface area (TPSA) is 86.5 Å². The highest BCUT2D eigenvalue weighted by Gasteiger charge is 2.18. The van der Waals surface area contributed by atoms with Crippen LogP contribution in [0.15, 0.2) is 16.3 Å². The van der Waals surface area contributed by atoms with Crippen LogP contribution in [-0.4, -0.2) is 21.0 Å². The predicted molar refractivity (Wildman–Crippen MR) is 72.3 cm³/mol. The molecule has 0 spiro atoms. The summed E-state index contributed by atoms with van der Waals surface area (Å²) >= 11 is 1.01. The molecular formula is C12H17NO4S2. The van der Waals surface area contributed by atoms with Crippen LogP contribution in [0.3, 0.4) is 0 Å². The molecule has 1 saturated carbocycles. The van der Waals surface area contributed by atoms with Gasteiger partial charge in [-0.2, -0.15) is 0 Å². The van der Waals surface area contributed by atoms with Crippen molar-refractivity contribution < 1.29 is 17.9 Å². The van der Waals surface area contributed by atoms with Crippen molar-refractivity contribution >= 4 is 27.3 Å². The van der Waals surface area contributed by atoms with E-state index in [0.29, 0.717) is 17.4 Å². The lowest BCUT2D eigenvalue weighted by molar-refractivity contribution is -0.143. The third-order valence-electron chi connectivity index (χ3n) is 3.25. The van der Waals surface area contributed by atoms with Crippen molar-refractivity contribution in [2.45, 2.75) is 36.3 Å². The zero-order valence-electron chi connectivity index (χ0n) is 10.5. The zero-order valence-corrected chi connectivity index (χ0v) is 12.1. The van der Waals surface area contributed by atoms with E-state index < -0.39 is 10.0 Å². The van der Waals surface area contributed by atoms with Gasteiger partial charge in [-0.3, -0.25) is 4.79 Å². The quantitative estimate of drug-likeness (QED) is 0.810. The molecule has 1 aliphatic rings. The fourth-order valence-corrected chi connectivity index (χ4v) is 3.68. The average molecular weight is 303 g/mol. The number of ether oxygens (including phenoxy) is 1. The Morgan fingerprint density at radius 2 is 2.16 bits per heavy atom. The van der Waals surface area contributed by atoms with E-state index in [2.05, 4.69) is 0 Å². The molecule has 1 aromatic rings. The first-order chi connectivity index (χ1) is 8.95. The van der Waals surface area contributed by atoms with E-state index >= 15 is 0 Å². The highest BCUT2D eigenvalue weighted by Crippen LogP contribution is 2.29. The second-order valence-corrected chi connectivity index (χ2v) is 7.71. The Kier molecular flexibility index (Phi) is 4.59. The van der Waals surface area contributed by atoms with Crippen molar-refractivity contribution in [3.63, 3.8) is 0 Å². The van der Waals surface area contributed by atoms with Gasteiger partial charge in [0.15, 0.2) is 0 Å². The summed E-state index contributed by atoms with van der Waals surface area (Å²) in [6, 6.07) is 3.01. The number of carbonyl (C=O) groups excluding carboxylic acids is 1. The maximum absolute atomic E-state index is 11.6. The van der Waals surface area contributed by atoms with Crippen molar-refractivity contribution in [3.05, 3.63) is 17.0 Å². The summed E-state index contributed by atoms with van der Waals surface area (Å²) in [5.41, 5.74) is 0. The van der Waals surface area contributed by atoms with Gasteiger partial charge in [0, 0.05) is 4.88 Å². The molecule has 1 aliphatic carbocycles. The molecule has 0 aliphatic heterocycles. The van der Waals surface area contributed by atoms with Gasteiger partial charge < -0.3 is 4.74 Å². The smallest absolute Gasteiger partial charge is 0.311 e. The summed E-state index contributed by atoms with van der Waals surface area (Å²) in [4.78, 5) is 12.2. The van der Waals surface area contributed by atoms with Crippen LogP contribution in [0, 0.1) is 5.92 Å². The van der Waals surface area contributed by atoms with Gasteiger partial charge in [0.1, 0.15) is 4.21 Å². The summed E-state index contributed by atoms with van der Waals surface area (Å²) in [5.74, 6) is 0.394. The molecule has 5 nitrogen and oxygen atoms in total. The molecule has 0 atom stereocenters. The fraction of sp³-hybridized carbons (Fsp3) is 0.583. The average Bonchev–Trinajstić information content (AvgIpc) is 2.69. The number of carbonyl (C=O) groups is 1. The number of hydrogen-bond donors (Lipinski definition) is 1. The molecule has 0 unspecified atom stereocenters. The number of nitrogens with two attached hydrogens (primary N) is 1. The standard InChI is InChI=1S/C12H17NO4S2/c13-19(15,16)12-5-4-10(18-12)8-11(14)17-7-6-9-2-1-3-9/h4-5,9H,1-3,6-8H2,(H2,13,15,16). The minimum Gasteiger partial charge on any atom is -0.465 e. The van der Waals surface area contributed by atoms with Crippen molar-refractivity contribution in [2.24, 2.45) is 11.1 Å². The second kappa shape index (κ2) is 6.02. The molecule has 106 valence electrons. The number of esters is 1. The molecule has 1 aromatic heterocycles. The SMILES string of the molecule is NS(=O)(=O)c1ccc(CC(=O)OCCC2CCC2)s1. The Morgan fingerprint density at radius 1 is 1.42 bits per heavy atom. The first-order valence-electron chi connectivity index (χ1n) is 6.22. The van der Waals surface area contributed by atoms with Gasteiger partial charge in [0.05, 0.1) is 13.0 Å². The van der Waals surface area contributed by atoms with Crippen LogP contribution in [0.25, 0.3) is 0 Å². The van der Waals surface area contributed by atoms with Crippen molar-refractivity contribution in [2.75, 3.05) is 6.61 Å². The minimum absolute atomic E-state index is 0.0739. The third-order valence-corrected chi connectivity index (χ3v) is 5.77. The molecule has 0 amide bonds. The van der Waals surface area contributed by atoms with Crippen molar-refractivity contribution in [1.29, 1.82) is 0 Å². The van der Waals surface area contributed by atoms with Gasteiger partial charge in [-0.05, 0) is 24.5 Å². The van der Waals surface area contributed by atoms with Crippen molar-refractivity contribution in [1.82, 2.24) is 0 Å². The molecule has 7 heteroatoms. The highest BCUT2D eigenvalue weighted by molar-refractivity contribution is 7.91. The number of hydrogen-bond acceptors (Lipinski definition) is 5. The van der Waals surface area contributed by atoms with Crippen LogP contribution in [-0.2, 0) is 26.0 Å². The maximum Gasteiger partial charge on any atom is 0.311 e. The van der Waals surface area contributed by atoms with Crippen LogP contribution >= 0.6 is 11.3 Å². The highest BCUT2D eigenvalue weighted by atomic mass is 32.2. The molecule has 1 fully saturated rings. The molecule has 0 bridgehead atoms. The first-order valence-corrected chi connectivity index (χ1v) is 8.58. The summed E-state index contributed by atoms with van der Waals surface area (Å²) in [6.07, 6.45) is 4.79. The lowest BCUT2D eigenvalue weighted by Gasteiger charge is -2.24. The summed E-state index contributed by atoms with van der Waals surface area (Å²) in [7, 11) is -3.68. The van der Waals surface area contributed by atoms with Gasteiger partial charge in [-0.25, -0.2) is 13.6 Å². The van der Waals surface area contributed by atoms with E-state index in [9.17, 15) is 13.2 Å². The Balaban J connectivity index is 1.76. The minimum atomic E-state index is -3.68. The monoisotopic (exact) mass is 303 g/mol. The van der Waals surface area contributed by atoms with Crippen LogP contribution in [0.2, 0.25) is 0 Å². The molecule has 0 saturated heterocycles. The second-order valence-electron chi connectivity index (χ2n) is 4.75. The largest absolute Gasteiger partial charge is 0.465 e. The lowest BCUT2D eigenvalue weighted by Crippen LogP contribution is -2.16. The summed E-state index contributed by atoms with van der Waals surface area (Å²) in [6.45, 7) is 0.455. The maximum atomic E-state index is 11.6. The van der Waals surface area contributed by atoms with Crippen LogP contribution in [0.1, 0.15) is 30.6 Å². The van der Waals surface area contributed by atoms with Gasteiger partial charge in [-0.15, -0.1) is 11.3 Å². The summed E-state index contributed by atoms with van der Waals surface area (Å²) in [5, 5.41) is 5.00. The number of thiophene rings is 1. The molecule has 2 rings (SSSR count).